The van der Waals surface area contributed by atoms with Crippen LogP contribution in [0.25, 0.3) is 122 Å². The van der Waals surface area contributed by atoms with Gasteiger partial charge in [-0.15, -0.1) is 177 Å². The Hall–Kier alpha value is -12.2. The van der Waals surface area contributed by atoms with Crippen LogP contribution < -0.4 is 0 Å². The molecule has 0 atom stereocenters. The third-order valence-electron chi connectivity index (χ3n) is 17.5. The third kappa shape index (κ3) is 41.2. The van der Waals surface area contributed by atoms with Crippen molar-refractivity contribution in [1.82, 2.24) is 24.9 Å². The molecule has 15 nitrogen and oxygen atoms in total. The van der Waals surface area contributed by atoms with Gasteiger partial charge in [0.05, 0.1) is 45.3 Å². The maximum Gasteiger partial charge on any atom is 0.155 e. The molecule has 0 saturated heterocycles. The van der Waals surface area contributed by atoms with E-state index in [0.717, 1.165) is 84.0 Å². The fraction of sp³-hybridized carbons (Fsp3) is 0.135. The molecular formula is C111H104Ir5N5O10-5. The summed E-state index contributed by atoms with van der Waals surface area (Å²) in [6, 6.07) is 113. The summed E-state index contributed by atoms with van der Waals surface area (Å²) in [6.45, 7) is 24.7. The molecule has 0 amide bonds. The molecule has 0 spiro atoms. The number of aryl methyl sites for hydroxylation is 5. The molecule has 20 heteroatoms. The van der Waals surface area contributed by atoms with Crippen LogP contribution in [-0.2, 0) is 124 Å². The van der Waals surface area contributed by atoms with Gasteiger partial charge in [0, 0.05) is 143 Å². The average Bonchev–Trinajstić information content (AvgIpc) is 1.78. The first-order valence-electron chi connectivity index (χ1n) is 40.5. The minimum absolute atomic E-state index is 0. The van der Waals surface area contributed by atoms with Gasteiger partial charge in [-0.3, -0.25) is 38.9 Å². The maximum atomic E-state index is 10.0. The first-order valence-corrected chi connectivity index (χ1v) is 40.5. The number of hydrogen-bond donors (Lipinski definition) is 5. The van der Waals surface area contributed by atoms with Crippen LogP contribution in [0.2, 0.25) is 0 Å². The van der Waals surface area contributed by atoms with Crippen LogP contribution in [0.5, 0.6) is 0 Å². The SMILES string of the molecule is CC(=O)C=C(C)O.CC(=O)C=C(C)O.CC(=O)C=C(C)O.CC(=O)C=C(C)O.CC(=O)C=C(C)O.Cc1[c-]c(-c2nc3ccccc3cc2C)ccc1.Cc1[c-]c(-c2nccc3ccccc23)cc(C)c1.Cc1cc2ccccc2nc1-c1[c-]ccc(-c2ccccc2)c1.[Ir].[Ir].[Ir].[Ir].[Ir].[c-]1ccccc1-c1ccc2ccccc2n1.[c-]1ccccc1-c1nccc2ccccc12. The van der Waals surface area contributed by atoms with Crippen LogP contribution in [-0.4, -0.2) is 79.4 Å². The minimum atomic E-state index is -0.125. The minimum Gasteiger partial charge on any atom is -0.512 e. The Morgan fingerprint density at radius 3 is 1.05 bits per heavy atom. The molecule has 5 aromatic heterocycles. The number of rotatable bonds is 11. The maximum absolute atomic E-state index is 10.0. The van der Waals surface area contributed by atoms with Crippen molar-refractivity contribution in [2.45, 2.75) is 104 Å². The van der Waals surface area contributed by atoms with Gasteiger partial charge in [-0.1, -0.05) is 190 Å². The summed E-state index contributed by atoms with van der Waals surface area (Å²) in [4.78, 5) is 73.3. The summed E-state index contributed by atoms with van der Waals surface area (Å²) in [6.07, 6.45) is 9.54. The van der Waals surface area contributed by atoms with E-state index in [1.54, 1.807) is 0 Å². The van der Waals surface area contributed by atoms with E-state index in [0.29, 0.717) is 0 Å². The van der Waals surface area contributed by atoms with Crippen LogP contribution in [0.15, 0.2) is 357 Å². The number of pyridine rings is 5. The quantitative estimate of drug-likeness (QED) is 0.0459. The van der Waals surface area contributed by atoms with Crippen LogP contribution in [0.4, 0.5) is 0 Å². The van der Waals surface area contributed by atoms with E-state index in [1.165, 1.54) is 165 Å². The van der Waals surface area contributed by atoms with Crippen LogP contribution >= 0.6 is 0 Å². The predicted octanol–water partition coefficient (Wildman–Crippen LogP) is 26.9. The van der Waals surface area contributed by atoms with Gasteiger partial charge in [-0.25, -0.2) is 0 Å². The zero-order valence-electron chi connectivity index (χ0n) is 75.4. The van der Waals surface area contributed by atoms with Crippen molar-refractivity contribution in [2.75, 3.05) is 0 Å². The molecule has 5 N–H and O–H groups in total. The first kappa shape index (κ1) is 115. The van der Waals surface area contributed by atoms with E-state index in [1.807, 2.05) is 152 Å². The largest absolute Gasteiger partial charge is 0.512 e. The van der Waals surface area contributed by atoms with Crippen LogP contribution in [0, 0.1) is 65.0 Å². The van der Waals surface area contributed by atoms with Gasteiger partial charge in [0.15, 0.2) is 28.9 Å². The zero-order valence-corrected chi connectivity index (χ0v) is 87.3. The molecule has 683 valence electrons. The molecule has 0 aliphatic rings. The molecule has 131 heavy (non-hydrogen) atoms. The van der Waals surface area contributed by atoms with Gasteiger partial charge >= 0.3 is 0 Å². The van der Waals surface area contributed by atoms with Crippen molar-refractivity contribution in [3.05, 3.63) is 415 Å². The number of para-hydroxylation sites is 3. The number of nitrogens with zero attached hydrogens (tertiary/aromatic N) is 5. The smallest absolute Gasteiger partial charge is 0.155 e. The zero-order chi connectivity index (χ0) is 91.6. The Labute approximate surface area is 836 Å². The fourth-order valence-electron chi connectivity index (χ4n) is 12.6. The summed E-state index contributed by atoms with van der Waals surface area (Å²) in [7, 11) is 0. The second-order valence-corrected chi connectivity index (χ2v) is 29.2. The first-order chi connectivity index (χ1) is 60.3. The fourth-order valence-corrected chi connectivity index (χ4v) is 12.6. The molecule has 0 aliphatic carbocycles. The molecule has 16 aromatic rings. The van der Waals surface area contributed by atoms with Gasteiger partial charge in [-0.2, -0.15) is 0 Å². The normalized spacial score (nSPS) is 10.5. The molecule has 5 radical (unpaired) electrons. The van der Waals surface area contributed by atoms with Gasteiger partial charge in [0.1, 0.15) is 0 Å². The molecule has 5 heterocycles. The van der Waals surface area contributed by atoms with E-state index >= 15 is 0 Å². The summed E-state index contributed by atoms with van der Waals surface area (Å²) in [5, 5.41) is 50.1. The number of aliphatic hydroxyl groups excluding tert-OH is 5. The topological polar surface area (TPSA) is 251 Å². The average molecular weight is 2630 g/mol. The molecule has 0 fully saturated rings. The van der Waals surface area contributed by atoms with Gasteiger partial charge in [0.25, 0.3) is 0 Å². The van der Waals surface area contributed by atoms with Crippen molar-refractivity contribution in [1.29, 1.82) is 0 Å². The number of allylic oxidation sites excluding steroid dienone is 10. The van der Waals surface area contributed by atoms with Gasteiger partial charge < -0.3 is 35.5 Å². The van der Waals surface area contributed by atoms with Crippen molar-refractivity contribution in [3.63, 3.8) is 0 Å². The van der Waals surface area contributed by atoms with Crippen molar-refractivity contribution in [2.24, 2.45) is 0 Å². The molecule has 11 aromatic carbocycles. The second-order valence-electron chi connectivity index (χ2n) is 29.2. The molecule has 0 unspecified atom stereocenters. The van der Waals surface area contributed by atoms with Gasteiger partial charge in [0.2, 0.25) is 0 Å². The standard InChI is InChI=1S/C22H16N.2C17H14N.2C15H10N.5C5H8O2.5Ir/c1-16-14-19-10-5-6-13-21(19)23-22(16)20-12-7-11-18(15-20)17-8-3-2-4-9-17;1-12-6-5-8-15(10-12)17-13(2)11-14-7-3-4-9-16(14)18-17;1-12-9-13(2)11-15(10-12)17-16-6-4-3-5-14(16)7-8-18-17;1-2-7-13(8-3-1)15-14-9-5-4-6-12(14)10-11-16-15;1-2-6-12(7-3-1)15-11-10-13-8-4-5-9-14(13)16-15;5*1-4(6)3-5(2)7;;;;;/h2-11,13-15H,1H3;3-9,11H,1-2H3;3-10H,1-2H3;1-7,9-11H;1-6,8-11H;5*3,6H,1-2H3;;;;;/q5*-1;;;;;;;;;;. The number of aromatic nitrogens is 5. The number of ketones is 5. The predicted molar refractivity (Wildman–Crippen MR) is 515 cm³/mol. The number of fused-ring (bicyclic) bond motifs is 5. The Bertz CT molecular complexity index is 6320. The van der Waals surface area contributed by atoms with E-state index in [2.05, 4.69) is 225 Å². The molecule has 0 aliphatic heterocycles. The number of hydrogen-bond acceptors (Lipinski definition) is 15. The van der Waals surface area contributed by atoms with Crippen LogP contribution in [0.1, 0.15) is 97.1 Å². The second kappa shape index (κ2) is 60.6. The summed E-state index contributed by atoms with van der Waals surface area (Å²) < 4.78 is 0. The molecular weight excluding hydrogens is 2520 g/mol. The number of aliphatic hydroxyl groups is 5. The summed E-state index contributed by atoms with van der Waals surface area (Å²) in [5.41, 5.74) is 21.6. The third-order valence-corrected chi connectivity index (χ3v) is 17.5. The van der Waals surface area contributed by atoms with Crippen molar-refractivity contribution >= 4 is 83.2 Å². The molecule has 16 rings (SSSR count). The molecule has 0 saturated carbocycles. The monoisotopic (exact) mass is 2630 g/mol. The van der Waals surface area contributed by atoms with Crippen LogP contribution in [0.3, 0.4) is 0 Å². The Balaban J connectivity index is 0.000000506. The number of benzene rings is 11. The number of carbonyl (C=O) groups excluding carboxylic acids is 5. The van der Waals surface area contributed by atoms with E-state index < -0.39 is 0 Å². The molecule has 0 bridgehead atoms. The Kier molecular flexibility index (Phi) is 53.1. The number of carbonyl (C=O) groups is 5. The van der Waals surface area contributed by atoms with E-state index in [9.17, 15) is 24.0 Å². The van der Waals surface area contributed by atoms with Crippen molar-refractivity contribution in [3.8, 4) is 67.4 Å². The summed E-state index contributed by atoms with van der Waals surface area (Å²) in [5.74, 6) is -0.312. The van der Waals surface area contributed by atoms with E-state index in [-0.39, 0.29) is 158 Å². The Morgan fingerprint density at radius 1 is 0.275 bits per heavy atom. The summed E-state index contributed by atoms with van der Waals surface area (Å²) >= 11 is 0. The van der Waals surface area contributed by atoms with Crippen molar-refractivity contribution < 1.29 is 150 Å². The Morgan fingerprint density at radius 2 is 0.641 bits per heavy atom. The van der Waals surface area contributed by atoms with Gasteiger partial charge in [-0.05, 0) is 185 Å². The van der Waals surface area contributed by atoms with E-state index in [4.69, 9.17) is 35.5 Å².